The Kier molecular flexibility index (Phi) is 32.7. The summed E-state index contributed by atoms with van der Waals surface area (Å²) in [4.78, 5) is 103. The molecule has 0 saturated carbocycles. The maximum atomic E-state index is 14.3. The van der Waals surface area contributed by atoms with E-state index in [-0.39, 0.29) is 79.0 Å². The first-order valence-corrected chi connectivity index (χ1v) is 30.1. The summed E-state index contributed by atoms with van der Waals surface area (Å²) in [7, 11) is 0. The summed E-state index contributed by atoms with van der Waals surface area (Å²) in [5.74, 6) is -4.41. The van der Waals surface area contributed by atoms with Gasteiger partial charge in [-0.3, -0.25) is 28.8 Å². The molecule has 0 spiro atoms. The van der Waals surface area contributed by atoms with Crippen molar-refractivity contribution in [3.05, 3.63) is 84.1 Å². The van der Waals surface area contributed by atoms with Crippen LogP contribution in [0.1, 0.15) is 127 Å². The summed E-state index contributed by atoms with van der Waals surface area (Å²) in [6.07, 6.45) is 7.21. The Bertz CT molecular complexity index is 2270. The molecule has 3 aliphatic heterocycles. The first-order valence-electron chi connectivity index (χ1n) is 30.1. The molecule has 3 heterocycles. The second-order valence-electron chi connectivity index (χ2n) is 22.9. The van der Waals surface area contributed by atoms with Gasteiger partial charge in [-0.05, 0) is 62.5 Å². The third-order valence-corrected chi connectivity index (χ3v) is 15.2. The lowest BCUT2D eigenvalue weighted by Crippen LogP contribution is -2.66. The largest absolute Gasteiger partial charge is 0.511 e. The van der Waals surface area contributed by atoms with Crippen LogP contribution in [-0.4, -0.2) is 171 Å². The molecule has 5 rings (SSSR count). The smallest absolute Gasteiger partial charge is 0.326 e. The van der Waals surface area contributed by atoms with E-state index in [4.69, 9.17) is 5.11 Å². The number of carbonyl (C=O) groups is 8. The minimum atomic E-state index is -1.41. The molecule has 14 N–H and O–H groups in total. The molecule has 2 aromatic carbocycles. The van der Waals surface area contributed by atoms with Crippen LogP contribution in [0.4, 0.5) is 4.79 Å². The molecule has 83 heavy (non-hydrogen) atoms. The molecule has 5 amide bonds. The molecular weight excluding hydrogens is 1060 g/mol. The monoisotopic (exact) mass is 1160 g/mol. The fourth-order valence-electron chi connectivity index (χ4n) is 10.4. The lowest BCUT2D eigenvalue weighted by Gasteiger charge is -2.37. The highest BCUT2D eigenvalue weighted by Crippen LogP contribution is 2.19. The molecule has 4 atom stereocenters. The van der Waals surface area contributed by atoms with Gasteiger partial charge in [0.05, 0.1) is 17.6 Å². The van der Waals surface area contributed by atoms with Crippen molar-refractivity contribution in [2.75, 3.05) is 85.1 Å². The van der Waals surface area contributed by atoms with Crippen molar-refractivity contribution in [2.24, 2.45) is 11.3 Å². The van der Waals surface area contributed by atoms with Gasteiger partial charge in [-0.2, -0.15) is 0 Å². The molecule has 0 aromatic heterocycles. The number of hydrogen-bond donors (Lipinski definition) is 14. The Labute approximate surface area is 490 Å². The van der Waals surface area contributed by atoms with Crippen LogP contribution in [0.2, 0.25) is 0 Å². The van der Waals surface area contributed by atoms with Crippen LogP contribution in [0.25, 0.3) is 0 Å². The number of carboxylic acids is 2. The number of ketones is 2. The normalized spacial score (nSPS) is 19.5. The highest BCUT2D eigenvalue weighted by Gasteiger charge is 2.33. The summed E-state index contributed by atoms with van der Waals surface area (Å²) in [5.41, 5.74) is 1.21. The molecule has 0 radical (unpaired) electrons. The lowest BCUT2D eigenvalue weighted by molar-refractivity contribution is -0.140. The highest BCUT2D eigenvalue weighted by atomic mass is 16.4. The van der Waals surface area contributed by atoms with Crippen LogP contribution in [0.5, 0.6) is 0 Å². The number of nitrogens with one attached hydrogen (secondary N) is 11. The first kappa shape index (κ1) is 69.2. The number of aliphatic hydroxyl groups is 1. The van der Waals surface area contributed by atoms with E-state index < -0.39 is 54.0 Å². The fourth-order valence-corrected chi connectivity index (χ4v) is 10.4. The minimum absolute atomic E-state index is 0.0396. The Morgan fingerprint density at radius 2 is 1.02 bits per heavy atom. The van der Waals surface area contributed by atoms with E-state index >= 15 is 0 Å². The molecule has 3 saturated heterocycles. The van der Waals surface area contributed by atoms with E-state index in [1.807, 2.05) is 60.7 Å². The number of amides is 5. The van der Waals surface area contributed by atoms with Crippen LogP contribution >= 0.6 is 0 Å². The van der Waals surface area contributed by atoms with Crippen LogP contribution in [0.3, 0.4) is 0 Å². The van der Waals surface area contributed by atoms with E-state index in [0.717, 1.165) is 102 Å². The topological polar surface area (TPSA) is 330 Å². The van der Waals surface area contributed by atoms with Crippen LogP contribution in [0.15, 0.2) is 73.0 Å². The number of carboxylic acid groups (broad SMARTS) is 2. The van der Waals surface area contributed by atoms with Gasteiger partial charge in [0.15, 0.2) is 5.78 Å². The van der Waals surface area contributed by atoms with Gasteiger partial charge in [-0.1, -0.05) is 106 Å². The van der Waals surface area contributed by atoms with Crippen molar-refractivity contribution < 1.29 is 53.7 Å². The number of aliphatic carboxylic acids is 2. The average Bonchev–Trinajstić information content (AvgIpc) is 3.54. The number of hydrogen-bond acceptors (Lipinski definition) is 15. The van der Waals surface area contributed by atoms with Crippen molar-refractivity contribution in [3.63, 3.8) is 0 Å². The SMILES string of the molecule is C=C(O)[C@H](CCCCCC(=O)CCCCCCCNC(=O)[C@H](CC(=O)[C@@H](Cc1ccccc1)NC(=O)CCCC(=O)NC12CNCCNCC(C)(CNCCNC1)CNCCNC2)Cc1ccccc1)NC(=O)N[C@@H](CCC(=O)O)C(=O)O. The van der Waals surface area contributed by atoms with E-state index in [9.17, 15) is 48.6 Å². The number of rotatable bonds is 35. The zero-order valence-electron chi connectivity index (χ0n) is 49.0. The van der Waals surface area contributed by atoms with E-state index in [1.165, 1.54) is 0 Å². The Balaban J connectivity index is 1.21. The minimum Gasteiger partial charge on any atom is -0.511 e. The summed E-state index contributed by atoms with van der Waals surface area (Å²) in [6, 6.07) is 15.0. The number of aliphatic hydroxyl groups excluding tert-OH is 1. The average molecular weight is 1160 g/mol. The summed E-state index contributed by atoms with van der Waals surface area (Å²) in [5, 5.41) is 63.7. The van der Waals surface area contributed by atoms with Crippen molar-refractivity contribution in [1.29, 1.82) is 0 Å². The number of fused-ring (bicyclic) bond motifs is 15. The molecule has 3 fully saturated rings. The maximum Gasteiger partial charge on any atom is 0.326 e. The molecule has 462 valence electrons. The van der Waals surface area contributed by atoms with Crippen LogP contribution in [0, 0.1) is 11.3 Å². The molecule has 0 aliphatic carbocycles. The maximum absolute atomic E-state index is 14.3. The second-order valence-corrected chi connectivity index (χ2v) is 22.9. The third-order valence-electron chi connectivity index (χ3n) is 15.2. The van der Waals surface area contributed by atoms with Crippen molar-refractivity contribution in [3.8, 4) is 0 Å². The number of urea groups is 1. The first-order chi connectivity index (χ1) is 39.9. The predicted molar refractivity (Wildman–Crippen MR) is 320 cm³/mol. The van der Waals surface area contributed by atoms with E-state index in [1.54, 1.807) is 0 Å². The van der Waals surface area contributed by atoms with Crippen molar-refractivity contribution in [1.82, 2.24) is 58.5 Å². The molecule has 3 aliphatic rings. The van der Waals surface area contributed by atoms with Gasteiger partial charge in [0.25, 0.3) is 0 Å². The molecule has 2 aromatic rings. The standard InChI is InChI=1S/C61H97N11O11/c1-45(73)50(70-59(83)71-51(58(81)82)27-28-56(78)79)24-15-8-14-23-49(74)22-13-4-3-5-16-29-68-57(80)48(36-46-18-9-6-10-19-46)38-53(75)52(37-47-20-11-7-12-21-47)69-54(76)25-17-26-55(77)72-61-42-65-33-30-62-39-60(2,40-63-31-34-66-43-61)41-64-32-35-67-44-61/h6-7,9-12,18-21,48,50-52,62-67,73H,1,3-5,8,13-17,22-44H2,2H3,(H,68,80)(H,69,76)(H,72,77)(H,78,79)(H,81,82)(H2,70,71,83)/t48-,50-,51-,52+,60?,61?/m0/s1. The van der Waals surface area contributed by atoms with Gasteiger partial charge in [-0.25, -0.2) is 9.59 Å². The number of unbranched alkanes of at least 4 members (excludes halogenated alkanes) is 6. The predicted octanol–water partition coefficient (Wildman–Crippen LogP) is 3.16. The highest BCUT2D eigenvalue weighted by molar-refractivity contribution is 5.93. The van der Waals surface area contributed by atoms with Crippen LogP contribution in [-0.2, 0) is 46.4 Å². The van der Waals surface area contributed by atoms with Crippen LogP contribution < -0.4 is 58.5 Å². The number of benzene rings is 2. The Morgan fingerprint density at radius 1 is 0.530 bits per heavy atom. The zero-order chi connectivity index (χ0) is 60.1. The Morgan fingerprint density at radius 3 is 1.57 bits per heavy atom. The number of Topliss-reactive ketones (excluding diaryl/α,β-unsaturated/α-hetero) is 2. The molecule has 22 nitrogen and oxygen atoms in total. The van der Waals surface area contributed by atoms with Crippen molar-refractivity contribution >= 4 is 47.3 Å². The van der Waals surface area contributed by atoms with Gasteiger partial charge >= 0.3 is 18.0 Å². The zero-order valence-corrected chi connectivity index (χ0v) is 49.0. The molecule has 0 unspecified atom stereocenters. The molecule has 22 heteroatoms. The Hall–Kier alpha value is -6.30. The van der Waals surface area contributed by atoms with Gasteiger partial charge in [-0.15, -0.1) is 0 Å². The van der Waals surface area contributed by atoms with Crippen molar-refractivity contribution in [2.45, 2.75) is 153 Å². The van der Waals surface area contributed by atoms with Gasteiger partial charge < -0.3 is 73.8 Å². The quantitative estimate of drug-likeness (QED) is 0.0348. The van der Waals surface area contributed by atoms with Gasteiger partial charge in [0.2, 0.25) is 17.7 Å². The second kappa shape index (κ2) is 39.3. The van der Waals surface area contributed by atoms with Gasteiger partial charge in [0.1, 0.15) is 17.6 Å². The summed E-state index contributed by atoms with van der Waals surface area (Å²) < 4.78 is 0. The van der Waals surface area contributed by atoms with E-state index in [2.05, 4.69) is 72.0 Å². The lowest BCUT2D eigenvalue weighted by atomic mass is 9.89. The number of carbonyl (C=O) groups excluding carboxylic acids is 6. The summed E-state index contributed by atoms with van der Waals surface area (Å²) >= 11 is 0. The molecule has 2 bridgehead atoms. The van der Waals surface area contributed by atoms with Gasteiger partial charge in [0, 0.05) is 135 Å². The third kappa shape index (κ3) is 29.7. The summed E-state index contributed by atoms with van der Waals surface area (Å²) in [6.45, 7) is 15.1. The molecular formula is C61H97N11O11. The van der Waals surface area contributed by atoms with E-state index in [0.29, 0.717) is 71.1 Å². The fraction of sp³-hybridized carbons (Fsp3) is 0.639.